The third-order valence-corrected chi connectivity index (χ3v) is 3.91. The number of carbonyl (C=O) groups is 1. The second-order valence-electron chi connectivity index (χ2n) is 5.18. The van der Waals surface area contributed by atoms with Crippen molar-refractivity contribution in [2.24, 2.45) is 0 Å². The van der Waals surface area contributed by atoms with Gasteiger partial charge in [-0.15, -0.1) is 0 Å². The highest BCUT2D eigenvalue weighted by Crippen LogP contribution is 2.30. The zero-order chi connectivity index (χ0) is 15.4. The van der Waals surface area contributed by atoms with E-state index in [1.54, 1.807) is 13.2 Å². The average molecular weight is 313 g/mol. The summed E-state index contributed by atoms with van der Waals surface area (Å²) in [5, 5.41) is 3.77. The van der Waals surface area contributed by atoms with Gasteiger partial charge in [0.2, 0.25) is 5.91 Å². The highest BCUT2D eigenvalue weighted by Gasteiger charge is 2.21. The zero-order valence-corrected chi connectivity index (χ0v) is 13.4. The number of nitrogens with zero attached hydrogens (tertiary/aromatic N) is 1. The Hall–Kier alpha value is -1.46. The van der Waals surface area contributed by atoms with E-state index in [-0.39, 0.29) is 18.6 Å². The Morgan fingerprint density at radius 1 is 1.57 bits per heavy atom. The molecule has 1 saturated heterocycles. The molecule has 2 rings (SSSR count). The number of halogens is 1. The monoisotopic (exact) mass is 312 g/mol. The van der Waals surface area contributed by atoms with Gasteiger partial charge in [0, 0.05) is 24.2 Å². The van der Waals surface area contributed by atoms with Crippen LogP contribution in [-0.4, -0.2) is 50.3 Å². The van der Waals surface area contributed by atoms with Crippen LogP contribution in [0.5, 0.6) is 5.75 Å². The predicted octanol–water partition coefficient (Wildman–Crippen LogP) is 2.32. The van der Waals surface area contributed by atoms with E-state index >= 15 is 0 Å². The molecule has 0 saturated carbocycles. The molecule has 0 bridgehead atoms. The lowest BCUT2D eigenvalue weighted by molar-refractivity contribution is -0.136. The Balaban J connectivity index is 1.99. The normalized spacial score (nSPS) is 18.5. The number of anilines is 1. The quantitative estimate of drug-likeness (QED) is 0.927. The first-order valence-electron chi connectivity index (χ1n) is 6.98. The molecule has 0 radical (unpaired) electrons. The number of morpholine rings is 1. The summed E-state index contributed by atoms with van der Waals surface area (Å²) in [7, 11) is 1.58. The number of hydrogen-bond donors (Lipinski definition) is 1. The fraction of sp³-hybridized carbons (Fsp3) is 0.533. The first-order chi connectivity index (χ1) is 10.0. The van der Waals surface area contributed by atoms with Crippen molar-refractivity contribution in [2.45, 2.75) is 20.0 Å². The van der Waals surface area contributed by atoms with E-state index in [1.807, 2.05) is 24.8 Å². The van der Waals surface area contributed by atoms with Crippen LogP contribution in [0.15, 0.2) is 12.1 Å². The van der Waals surface area contributed by atoms with Gasteiger partial charge in [-0.05, 0) is 25.5 Å². The summed E-state index contributed by atoms with van der Waals surface area (Å²) in [4.78, 5) is 14.0. The lowest BCUT2D eigenvalue weighted by atomic mass is 10.2. The molecule has 1 aliphatic rings. The second kappa shape index (κ2) is 7.00. The lowest BCUT2D eigenvalue weighted by Crippen LogP contribution is -2.46. The van der Waals surface area contributed by atoms with Gasteiger partial charge in [-0.2, -0.15) is 0 Å². The average Bonchev–Trinajstić information content (AvgIpc) is 2.47. The van der Waals surface area contributed by atoms with Gasteiger partial charge in [0.05, 0.1) is 32.1 Å². The molecule has 1 aliphatic heterocycles. The van der Waals surface area contributed by atoms with Crippen molar-refractivity contribution in [3.63, 3.8) is 0 Å². The third-order valence-electron chi connectivity index (χ3n) is 3.50. The number of hydrogen-bond acceptors (Lipinski definition) is 4. The van der Waals surface area contributed by atoms with Gasteiger partial charge in [-0.3, -0.25) is 4.79 Å². The molecule has 1 heterocycles. The zero-order valence-electron chi connectivity index (χ0n) is 12.6. The molecule has 1 aromatic carbocycles. The Bertz CT molecular complexity index is 522. The standard InChI is InChI=1S/C15H21ClN2O3/c1-10-6-13(14(20-3)7-12(10)16)17-8-15(19)18-4-5-21-11(2)9-18/h6-7,11,17H,4-5,8-9H2,1-3H3/t11-/m1/s1. The van der Waals surface area contributed by atoms with Crippen LogP contribution in [0.4, 0.5) is 5.69 Å². The maximum absolute atomic E-state index is 12.2. The molecule has 1 aromatic rings. The van der Waals surface area contributed by atoms with Gasteiger partial charge < -0.3 is 19.7 Å². The third kappa shape index (κ3) is 4.02. The van der Waals surface area contributed by atoms with Gasteiger partial charge in [0.25, 0.3) is 0 Å². The molecule has 1 atom stereocenters. The smallest absolute Gasteiger partial charge is 0.242 e. The van der Waals surface area contributed by atoms with Gasteiger partial charge in [-0.1, -0.05) is 11.6 Å². The number of nitrogens with one attached hydrogen (secondary N) is 1. The van der Waals surface area contributed by atoms with Crippen molar-refractivity contribution < 1.29 is 14.3 Å². The number of aryl methyl sites for hydroxylation is 1. The fourth-order valence-electron chi connectivity index (χ4n) is 2.30. The number of carbonyl (C=O) groups excluding carboxylic acids is 1. The van der Waals surface area contributed by atoms with E-state index in [0.29, 0.717) is 30.5 Å². The molecule has 1 amide bonds. The minimum Gasteiger partial charge on any atom is -0.495 e. The Kier molecular flexibility index (Phi) is 5.31. The van der Waals surface area contributed by atoms with Crippen molar-refractivity contribution in [3.8, 4) is 5.75 Å². The van der Waals surface area contributed by atoms with E-state index in [4.69, 9.17) is 21.1 Å². The van der Waals surface area contributed by atoms with E-state index in [9.17, 15) is 4.79 Å². The number of ether oxygens (including phenoxy) is 2. The van der Waals surface area contributed by atoms with Crippen LogP contribution in [0.25, 0.3) is 0 Å². The number of benzene rings is 1. The molecule has 5 nitrogen and oxygen atoms in total. The van der Waals surface area contributed by atoms with E-state index in [0.717, 1.165) is 11.3 Å². The highest BCUT2D eigenvalue weighted by molar-refractivity contribution is 6.31. The van der Waals surface area contributed by atoms with E-state index < -0.39 is 0 Å². The SMILES string of the molecule is COc1cc(Cl)c(C)cc1NCC(=O)N1CCO[C@H](C)C1. The molecule has 1 fully saturated rings. The van der Waals surface area contributed by atoms with Crippen molar-refractivity contribution in [3.05, 3.63) is 22.7 Å². The molecule has 116 valence electrons. The predicted molar refractivity (Wildman–Crippen MR) is 83.2 cm³/mol. The summed E-state index contributed by atoms with van der Waals surface area (Å²) in [6, 6.07) is 3.64. The molecular weight excluding hydrogens is 292 g/mol. The van der Waals surface area contributed by atoms with Crippen LogP contribution in [0, 0.1) is 6.92 Å². The van der Waals surface area contributed by atoms with Gasteiger partial charge in [0.1, 0.15) is 5.75 Å². The van der Waals surface area contributed by atoms with Gasteiger partial charge in [0.15, 0.2) is 0 Å². The van der Waals surface area contributed by atoms with Crippen LogP contribution in [0.1, 0.15) is 12.5 Å². The Morgan fingerprint density at radius 3 is 3.00 bits per heavy atom. The van der Waals surface area contributed by atoms with Crippen LogP contribution in [0.2, 0.25) is 5.02 Å². The fourth-order valence-corrected chi connectivity index (χ4v) is 2.45. The summed E-state index contributed by atoms with van der Waals surface area (Å²) >= 11 is 6.07. The van der Waals surface area contributed by atoms with Crippen molar-refractivity contribution in [2.75, 3.05) is 38.7 Å². The number of amides is 1. The Morgan fingerprint density at radius 2 is 2.33 bits per heavy atom. The second-order valence-corrected chi connectivity index (χ2v) is 5.58. The summed E-state index contributed by atoms with van der Waals surface area (Å²) in [5.41, 5.74) is 1.71. The molecule has 0 spiro atoms. The number of methoxy groups -OCH3 is 1. The summed E-state index contributed by atoms with van der Waals surface area (Å²) < 4.78 is 10.7. The molecule has 0 aliphatic carbocycles. The first kappa shape index (κ1) is 15.9. The largest absolute Gasteiger partial charge is 0.495 e. The van der Waals surface area contributed by atoms with Gasteiger partial charge in [-0.25, -0.2) is 0 Å². The first-order valence-corrected chi connectivity index (χ1v) is 7.36. The topological polar surface area (TPSA) is 50.8 Å². The van der Waals surface area contributed by atoms with Crippen LogP contribution < -0.4 is 10.1 Å². The minimum absolute atomic E-state index is 0.0554. The maximum atomic E-state index is 12.2. The van der Waals surface area contributed by atoms with Crippen molar-refractivity contribution in [1.82, 2.24) is 4.90 Å². The molecule has 0 aromatic heterocycles. The molecule has 0 unspecified atom stereocenters. The maximum Gasteiger partial charge on any atom is 0.242 e. The lowest BCUT2D eigenvalue weighted by Gasteiger charge is -2.31. The summed E-state index contributed by atoms with van der Waals surface area (Å²) in [5.74, 6) is 0.688. The van der Waals surface area contributed by atoms with Crippen molar-refractivity contribution >= 4 is 23.2 Å². The number of rotatable bonds is 4. The summed E-state index contributed by atoms with van der Waals surface area (Å²) in [6.07, 6.45) is 0.0926. The van der Waals surface area contributed by atoms with Crippen LogP contribution in [-0.2, 0) is 9.53 Å². The molecule has 21 heavy (non-hydrogen) atoms. The van der Waals surface area contributed by atoms with Crippen molar-refractivity contribution in [1.29, 1.82) is 0 Å². The van der Waals surface area contributed by atoms with Gasteiger partial charge >= 0.3 is 0 Å². The molecule has 6 heteroatoms. The van der Waals surface area contributed by atoms with Crippen LogP contribution >= 0.6 is 11.6 Å². The Labute approximate surface area is 130 Å². The molecular formula is C15H21ClN2O3. The highest BCUT2D eigenvalue weighted by atomic mass is 35.5. The van der Waals surface area contributed by atoms with E-state index in [1.165, 1.54) is 0 Å². The van der Waals surface area contributed by atoms with E-state index in [2.05, 4.69) is 5.32 Å². The molecule has 1 N–H and O–H groups in total. The van der Waals surface area contributed by atoms with Crippen LogP contribution in [0.3, 0.4) is 0 Å². The summed E-state index contributed by atoms with van der Waals surface area (Å²) in [6.45, 7) is 5.98. The minimum atomic E-state index is 0.0554.